The van der Waals surface area contributed by atoms with E-state index in [1.807, 2.05) is 30.1 Å². The normalized spacial score (nSPS) is 21.4. The number of phenolic OH excluding ortho intramolecular Hbond substituents is 2. The van der Waals surface area contributed by atoms with E-state index in [-0.39, 0.29) is 29.5 Å². The summed E-state index contributed by atoms with van der Waals surface area (Å²) in [5, 5.41) is 21.4. The van der Waals surface area contributed by atoms with Crippen LogP contribution < -0.4 is 10.5 Å². The van der Waals surface area contributed by atoms with E-state index < -0.39 is 0 Å². The van der Waals surface area contributed by atoms with Crippen molar-refractivity contribution in [1.29, 1.82) is 0 Å². The second-order valence-electron chi connectivity index (χ2n) is 12.5. The van der Waals surface area contributed by atoms with Crippen LogP contribution in [0.4, 0.5) is 0 Å². The maximum absolute atomic E-state index is 13.7. The topological polar surface area (TPSA) is 119 Å². The van der Waals surface area contributed by atoms with Crippen molar-refractivity contribution in [3.05, 3.63) is 60.2 Å². The first-order valence-corrected chi connectivity index (χ1v) is 15.1. The van der Waals surface area contributed by atoms with Crippen LogP contribution in [0, 0.1) is 11.8 Å². The zero-order valence-corrected chi connectivity index (χ0v) is 24.3. The lowest BCUT2D eigenvalue weighted by Gasteiger charge is -2.27. The molecule has 5 aromatic rings. The summed E-state index contributed by atoms with van der Waals surface area (Å²) in [6.07, 6.45) is 4.45. The van der Waals surface area contributed by atoms with Gasteiger partial charge in [-0.15, -0.1) is 0 Å². The predicted octanol–water partition coefficient (Wildman–Crippen LogP) is 5.25. The molecule has 2 aromatic heterocycles. The van der Waals surface area contributed by atoms with Gasteiger partial charge in [-0.3, -0.25) is 4.79 Å². The molecular weight excluding hydrogens is 542 g/mol. The van der Waals surface area contributed by atoms with Crippen molar-refractivity contribution in [3.63, 3.8) is 0 Å². The fourth-order valence-corrected chi connectivity index (χ4v) is 7.39. The van der Waals surface area contributed by atoms with E-state index in [1.54, 1.807) is 19.2 Å². The fourth-order valence-electron chi connectivity index (χ4n) is 7.39. The average Bonchev–Trinajstić information content (AvgIpc) is 3.41. The molecule has 0 unspecified atom stereocenters. The summed E-state index contributed by atoms with van der Waals surface area (Å²) in [4.78, 5) is 20.7. The van der Waals surface area contributed by atoms with Crippen LogP contribution in [0.5, 0.6) is 17.2 Å². The highest BCUT2D eigenvalue weighted by Gasteiger charge is 2.47. The lowest BCUT2D eigenvalue weighted by atomic mass is 10.0. The van der Waals surface area contributed by atoms with Crippen molar-refractivity contribution < 1.29 is 19.7 Å². The lowest BCUT2D eigenvalue weighted by Crippen LogP contribution is -2.41. The van der Waals surface area contributed by atoms with Crippen LogP contribution >= 0.6 is 0 Å². The third-order valence-corrected chi connectivity index (χ3v) is 9.88. The largest absolute Gasteiger partial charge is 0.508 e. The number of carbonyl (C=O) groups excluding carboxylic acids is 1. The molecule has 3 fully saturated rings. The Morgan fingerprint density at radius 3 is 2.58 bits per heavy atom. The van der Waals surface area contributed by atoms with Gasteiger partial charge < -0.3 is 34.7 Å². The molecule has 3 atom stereocenters. The number of phenols is 2. The number of amides is 1. The Kier molecular flexibility index (Phi) is 5.78. The number of hydrogen-bond acceptors (Lipinski definition) is 6. The minimum atomic E-state index is -0.0112. The first-order chi connectivity index (χ1) is 20.8. The molecule has 1 aliphatic heterocycles. The van der Waals surface area contributed by atoms with Gasteiger partial charge in [0.1, 0.15) is 22.8 Å². The molecule has 1 saturated heterocycles. The molecule has 3 aliphatic rings. The molecule has 3 heterocycles. The number of aromatic hydroxyl groups is 2. The number of piperidine rings is 1. The van der Waals surface area contributed by atoms with Crippen LogP contribution in [0.2, 0.25) is 0 Å². The van der Waals surface area contributed by atoms with Crippen LogP contribution in [-0.4, -0.2) is 60.9 Å². The Morgan fingerprint density at radius 1 is 1.05 bits per heavy atom. The Labute approximate surface area is 249 Å². The molecular formula is C34H35N5O4. The SMILES string of the molecule is COc1cc(C(=O)N2C[C@H]3CC[C@@H]2[C@@H]3N)cc2nc(-c3cc4ccc(-c5ccc(O)cc5O)cc4n3CC3CC3)n(C)c12. The van der Waals surface area contributed by atoms with Crippen molar-refractivity contribution in [2.24, 2.45) is 24.6 Å². The number of rotatable bonds is 6. The fraction of sp³-hybridized carbons (Fsp3) is 0.353. The Balaban J connectivity index is 1.25. The minimum absolute atomic E-state index is 0.0112. The van der Waals surface area contributed by atoms with Gasteiger partial charge in [-0.2, -0.15) is 0 Å². The molecule has 3 aromatic carbocycles. The van der Waals surface area contributed by atoms with E-state index in [9.17, 15) is 15.0 Å². The van der Waals surface area contributed by atoms with Crippen molar-refractivity contribution in [2.45, 2.75) is 44.3 Å². The van der Waals surface area contributed by atoms with Gasteiger partial charge in [0.25, 0.3) is 5.91 Å². The number of benzene rings is 3. The van der Waals surface area contributed by atoms with Crippen LogP contribution in [0.1, 0.15) is 36.0 Å². The smallest absolute Gasteiger partial charge is 0.254 e. The maximum atomic E-state index is 13.7. The molecule has 2 saturated carbocycles. The average molecular weight is 578 g/mol. The highest BCUT2D eigenvalue weighted by molar-refractivity contribution is 6.00. The van der Waals surface area contributed by atoms with E-state index >= 15 is 0 Å². The van der Waals surface area contributed by atoms with Gasteiger partial charge in [0, 0.05) is 60.3 Å². The number of aromatic nitrogens is 3. The van der Waals surface area contributed by atoms with Gasteiger partial charge in [-0.05, 0) is 79.5 Å². The summed E-state index contributed by atoms with van der Waals surface area (Å²) < 4.78 is 10.2. The Hall–Kier alpha value is -4.50. The molecule has 0 radical (unpaired) electrons. The van der Waals surface area contributed by atoms with Crippen LogP contribution in [0.3, 0.4) is 0 Å². The third-order valence-electron chi connectivity index (χ3n) is 9.88. The number of nitrogens with two attached hydrogens (primary N) is 1. The predicted molar refractivity (Wildman–Crippen MR) is 165 cm³/mol. The number of likely N-dealkylation sites (tertiary alicyclic amines) is 1. The first-order valence-electron chi connectivity index (χ1n) is 15.1. The molecule has 2 aliphatic carbocycles. The number of methoxy groups -OCH3 is 1. The lowest BCUT2D eigenvalue weighted by molar-refractivity contribution is 0.0700. The summed E-state index contributed by atoms with van der Waals surface area (Å²) in [5.41, 5.74) is 12.1. The molecule has 220 valence electrons. The Bertz CT molecular complexity index is 1940. The van der Waals surface area contributed by atoms with Gasteiger partial charge in [0.2, 0.25) is 0 Å². The first kappa shape index (κ1) is 26.2. The van der Waals surface area contributed by atoms with Gasteiger partial charge in [0.05, 0.1) is 18.3 Å². The minimum Gasteiger partial charge on any atom is -0.508 e. The Morgan fingerprint density at radius 2 is 1.88 bits per heavy atom. The second kappa shape index (κ2) is 9.50. The summed E-state index contributed by atoms with van der Waals surface area (Å²) in [6.45, 7) is 1.58. The number of carbonyl (C=O) groups is 1. The van der Waals surface area contributed by atoms with E-state index in [2.05, 4.69) is 27.3 Å². The number of imidazole rings is 1. The summed E-state index contributed by atoms with van der Waals surface area (Å²) >= 11 is 0. The standard InChI is InChI=1S/C34H35N5O4/c1-37-32-25(11-22(14-30(32)43-2)34(42)39-17-21-7-10-26(39)31(21)35)36-33(37)28-13-20-6-5-19(24-9-8-23(40)15-29(24)41)12-27(20)38(28)16-18-3-4-18/h5-6,8-9,11-15,18,21,26,31,40-41H,3-4,7,10,16-17,35H2,1-2H3/t21-,26-,31-/m1/s1. The maximum Gasteiger partial charge on any atom is 0.254 e. The van der Waals surface area contributed by atoms with E-state index in [4.69, 9.17) is 15.5 Å². The van der Waals surface area contributed by atoms with Gasteiger partial charge in [0.15, 0.2) is 5.82 Å². The molecule has 8 rings (SSSR count). The summed E-state index contributed by atoms with van der Waals surface area (Å²) in [7, 11) is 3.62. The zero-order valence-electron chi connectivity index (χ0n) is 24.3. The van der Waals surface area contributed by atoms with Crippen molar-refractivity contribution in [3.8, 4) is 39.9 Å². The number of ether oxygens (including phenoxy) is 1. The van der Waals surface area contributed by atoms with Crippen molar-refractivity contribution in [1.82, 2.24) is 19.0 Å². The number of nitrogens with zero attached hydrogens (tertiary/aromatic N) is 4. The molecule has 9 nitrogen and oxygen atoms in total. The summed E-state index contributed by atoms with van der Waals surface area (Å²) in [6, 6.07) is 16.9. The van der Waals surface area contributed by atoms with E-state index in [0.29, 0.717) is 40.8 Å². The van der Waals surface area contributed by atoms with E-state index in [1.165, 1.54) is 18.9 Å². The van der Waals surface area contributed by atoms with Gasteiger partial charge in [-0.25, -0.2) is 4.98 Å². The molecule has 9 heteroatoms. The highest BCUT2D eigenvalue weighted by atomic mass is 16.5. The van der Waals surface area contributed by atoms with Crippen LogP contribution in [-0.2, 0) is 13.6 Å². The zero-order chi connectivity index (χ0) is 29.6. The number of fused-ring (bicyclic) bond motifs is 4. The molecule has 0 spiro atoms. The molecule has 4 N–H and O–H groups in total. The summed E-state index contributed by atoms with van der Waals surface area (Å²) in [5.74, 6) is 2.46. The van der Waals surface area contributed by atoms with E-state index in [0.717, 1.165) is 52.9 Å². The van der Waals surface area contributed by atoms with Crippen molar-refractivity contribution >= 4 is 27.8 Å². The molecule has 1 amide bonds. The monoisotopic (exact) mass is 577 g/mol. The molecule has 43 heavy (non-hydrogen) atoms. The van der Waals surface area contributed by atoms with Gasteiger partial charge >= 0.3 is 0 Å². The van der Waals surface area contributed by atoms with Gasteiger partial charge in [-0.1, -0.05) is 12.1 Å². The number of hydrogen-bond donors (Lipinski definition) is 3. The van der Waals surface area contributed by atoms with Crippen molar-refractivity contribution in [2.75, 3.05) is 13.7 Å². The van der Waals surface area contributed by atoms with Crippen LogP contribution in [0.25, 0.3) is 44.6 Å². The molecule has 2 bridgehead atoms. The quantitative estimate of drug-likeness (QED) is 0.254. The number of aryl methyl sites for hydroxylation is 1. The highest BCUT2D eigenvalue weighted by Crippen LogP contribution is 2.41. The third kappa shape index (κ3) is 4.09. The second-order valence-corrected chi connectivity index (χ2v) is 12.5. The van der Waals surface area contributed by atoms with Crippen LogP contribution in [0.15, 0.2) is 54.6 Å².